The summed E-state index contributed by atoms with van der Waals surface area (Å²) >= 11 is 0. The van der Waals surface area contributed by atoms with Crippen LogP contribution in [0.3, 0.4) is 0 Å². The Balaban J connectivity index is 3.42. The van der Waals surface area contributed by atoms with Crippen molar-refractivity contribution in [1.82, 2.24) is 0 Å². The molecule has 0 rings (SSSR count). The van der Waals surface area contributed by atoms with Crippen molar-refractivity contribution >= 4 is 5.97 Å². The summed E-state index contributed by atoms with van der Waals surface area (Å²) in [6, 6.07) is 0. The van der Waals surface area contributed by atoms with Gasteiger partial charge in [-0.1, -0.05) is 135 Å². The molecule has 0 saturated heterocycles. The van der Waals surface area contributed by atoms with Gasteiger partial charge in [0, 0.05) is 13.0 Å². The van der Waals surface area contributed by atoms with Crippen LogP contribution < -0.4 is 0 Å². The molecule has 1 unspecified atom stereocenters. The van der Waals surface area contributed by atoms with Gasteiger partial charge in [-0.15, -0.1) is 0 Å². The van der Waals surface area contributed by atoms with Gasteiger partial charge in [0.1, 0.15) is 6.10 Å². The first-order chi connectivity index (χ1) is 17.7. The van der Waals surface area contributed by atoms with E-state index in [9.17, 15) is 9.90 Å². The molecule has 36 heavy (non-hydrogen) atoms. The van der Waals surface area contributed by atoms with Gasteiger partial charge in [-0.2, -0.15) is 0 Å². The monoisotopic (exact) mass is 510 g/mol. The van der Waals surface area contributed by atoms with Gasteiger partial charge < -0.3 is 14.6 Å². The van der Waals surface area contributed by atoms with E-state index in [0.29, 0.717) is 19.6 Å². The largest absolute Gasteiger partial charge is 0.457 e. The Labute approximate surface area is 225 Å². The summed E-state index contributed by atoms with van der Waals surface area (Å²) in [6.45, 7) is 5.28. The van der Waals surface area contributed by atoms with Crippen molar-refractivity contribution in [1.29, 1.82) is 0 Å². The molecule has 0 aromatic carbocycles. The van der Waals surface area contributed by atoms with Crippen molar-refractivity contribution in [3.63, 3.8) is 0 Å². The molecule has 214 valence electrons. The number of allylic oxidation sites excluding steroid dienone is 2. The fourth-order valence-electron chi connectivity index (χ4n) is 4.45. The van der Waals surface area contributed by atoms with Gasteiger partial charge in [0.15, 0.2) is 0 Å². The standard InChI is InChI=1S/C32H62O4/c1-3-5-7-9-11-13-15-16-17-18-20-22-24-26-28-35-30-31(29-33)36-32(34)27-25-23-21-19-14-12-10-8-6-4-2/h8,10,31,33H,3-7,9,11-30H2,1-2H3/b10-8-. The molecule has 1 N–H and O–H groups in total. The van der Waals surface area contributed by atoms with Crippen LogP contribution in [0.2, 0.25) is 0 Å². The molecule has 4 nitrogen and oxygen atoms in total. The summed E-state index contributed by atoms with van der Waals surface area (Å²) in [5, 5.41) is 9.48. The van der Waals surface area contributed by atoms with Gasteiger partial charge in [-0.05, 0) is 32.1 Å². The Morgan fingerprint density at radius 3 is 1.69 bits per heavy atom. The molecule has 4 heteroatoms. The summed E-state index contributed by atoms with van der Waals surface area (Å²) in [6.07, 6.45) is 32.4. The van der Waals surface area contributed by atoms with Crippen molar-refractivity contribution in [2.75, 3.05) is 19.8 Å². The van der Waals surface area contributed by atoms with Gasteiger partial charge in [-0.3, -0.25) is 4.79 Å². The van der Waals surface area contributed by atoms with E-state index in [0.717, 1.165) is 19.3 Å². The summed E-state index contributed by atoms with van der Waals surface area (Å²) in [7, 11) is 0. The predicted octanol–water partition coefficient (Wildman–Crippen LogP) is 9.48. The highest BCUT2D eigenvalue weighted by molar-refractivity contribution is 5.69. The quantitative estimate of drug-likeness (QED) is 0.0618. The first-order valence-electron chi connectivity index (χ1n) is 15.8. The third kappa shape index (κ3) is 27.7. The summed E-state index contributed by atoms with van der Waals surface area (Å²) in [5.41, 5.74) is 0. The van der Waals surface area contributed by atoms with E-state index in [1.807, 2.05) is 0 Å². The van der Waals surface area contributed by atoms with Crippen LogP contribution in [0.1, 0.15) is 162 Å². The first kappa shape index (κ1) is 35.1. The number of esters is 1. The lowest BCUT2D eigenvalue weighted by Crippen LogP contribution is -2.27. The van der Waals surface area contributed by atoms with E-state index >= 15 is 0 Å². The Morgan fingerprint density at radius 2 is 1.14 bits per heavy atom. The van der Waals surface area contributed by atoms with Crippen molar-refractivity contribution < 1.29 is 19.4 Å². The molecule has 0 aliphatic rings. The van der Waals surface area contributed by atoms with Gasteiger partial charge >= 0.3 is 5.97 Å². The maximum absolute atomic E-state index is 12.0. The Morgan fingerprint density at radius 1 is 0.639 bits per heavy atom. The van der Waals surface area contributed by atoms with Crippen LogP contribution in [-0.2, 0) is 14.3 Å². The number of unbranched alkanes of at least 4 members (excludes halogenated alkanes) is 19. The second-order valence-corrected chi connectivity index (χ2v) is 10.5. The van der Waals surface area contributed by atoms with Crippen molar-refractivity contribution in [2.24, 2.45) is 0 Å². The number of hydrogen-bond donors (Lipinski definition) is 1. The normalized spacial score (nSPS) is 12.4. The molecule has 0 aliphatic heterocycles. The van der Waals surface area contributed by atoms with Crippen LogP contribution in [-0.4, -0.2) is 37.0 Å². The highest BCUT2D eigenvalue weighted by atomic mass is 16.6. The number of ether oxygens (including phenoxy) is 2. The SMILES string of the molecule is CCC/C=C\CCCCCCCC(=O)OC(CO)COCCCCCCCCCCCCCCCC. The van der Waals surface area contributed by atoms with Crippen LogP contribution in [0.25, 0.3) is 0 Å². The van der Waals surface area contributed by atoms with E-state index in [4.69, 9.17) is 9.47 Å². The van der Waals surface area contributed by atoms with Crippen molar-refractivity contribution in [3.8, 4) is 0 Å². The lowest BCUT2D eigenvalue weighted by atomic mass is 10.0. The number of aliphatic hydroxyl groups is 1. The van der Waals surface area contributed by atoms with Crippen LogP contribution in [0, 0.1) is 0 Å². The maximum atomic E-state index is 12.0. The average molecular weight is 511 g/mol. The molecule has 0 fully saturated rings. The molecule has 0 radical (unpaired) electrons. The van der Waals surface area contributed by atoms with Crippen molar-refractivity contribution in [3.05, 3.63) is 12.2 Å². The minimum absolute atomic E-state index is 0.171. The molecule has 1 atom stereocenters. The molecule has 0 spiro atoms. The van der Waals surface area contributed by atoms with E-state index in [-0.39, 0.29) is 12.6 Å². The molecule has 0 amide bonds. The number of carbonyl (C=O) groups excluding carboxylic acids is 1. The highest BCUT2D eigenvalue weighted by Crippen LogP contribution is 2.13. The average Bonchev–Trinajstić information content (AvgIpc) is 2.88. The number of hydrogen-bond acceptors (Lipinski definition) is 4. The molecule has 0 saturated carbocycles. The summed E-state index contributed by atoms with van der Waals surface area (Å²) in [5.74, 6) is -0.211. The second-order valence-electron chi connectivity index (χ2n) is 10.5. The molecule has 0 heterocycles. The minimum atomic E-state index is -0.529. The van der Waals surface area contributed by atoms with Crippen LogP contribution in [0.15, 0.2) is 12.2 Å². The minimum Gasteiger partial charge on any atom is -0.457 e. The van der Waals surface area contributed by atoms with Gasteiger partial charge in [-0.25, -0.2) is 0 Å². The van der Waals surface area contributed by atoms with E-state index in [1.54, 1.807) is 0 Å². The van der Waals surface area contributed by atoms with Crippen LogP contribution in [0.4, 0.5) is 0 Å². The molecule has 0 bridgehead atoms. The van der Waals surface area contributed by atoms with Crippen LogP contribution >= 0.6 is 0 Å². The Kier molecular flexibility index (Phi) is 29.6. The molecular weight excluding hydrogens is 448 g/mol. The third-order valence-corrected chi connectivity index (χ3v) is 6.82. The Hall–Kier alpha value is -0.870. The zero-order valence-corrected chi connectivity index (χ0v) is 24.3. The first-order valence-corrected chi connectivity index (χ1v) is 15.8. The van der Waals surface area contributed by atoms with E-state index in [2.05, 4.69) is 26.0 Å². The molecule has 0 aromatic rings. The number of carbonyl (C=O) groups is 1. The smallest absolute Gasteiger partial charge is 0.306 e. The van der Waals surface area contributed by atoms with Gasteiger partial charge in [0.05, 0.1) is 13.2 Å². The van der Waals surface area contributed by atoms with Gasteiger partial charge in [0.2, 0.25) is 0 Å². The summed E-state index contributed by atoms with van der Waals surface area (Å²) < 4.78 is 11.0. The predicted molar refractivity (Wildman–Crippen MR) is 154 cm³/mol. The van der Waals surface area contributed by atoms with Gasteiger partial charge in [0.25, 0.3) is 0 Å². The summed E-state index contributed by atoms with van der Waals surface area (Å²) in [4.78, 5) is 12.0. The van der Waals surface area contributed by atoms with E-state index in [1.165, 1.54) is 122 Å². The maximum Gasteiger partial charge on any atom is 0.306 e. The lowest BCUT2D eigenvalue weighted by molar-refractivity contribution is -0.154. The highest BCUT2D eigenvalue weighted by Gasteiger charge is 2.13. The fourth-order valence-corrected chi connectivity index (χ4v) is 4.45. The van der Waals surface area contributed by atoms with E-state index < -0.39 is 6.10 Å². The van der Waals surface area contributed by atoms with Crippen LogP contribution in [0.5, 0.6) is 0 Å². The molecule has 0 aliphatic carbocycles. The Bertz CT molecular complexity index is 463. The zero-order chi connectivity index (χ0) is 26.4. The zero-order valence-electron chi connectivity index (χ0n) is 24.3. The van der Waals surface area contributed by atoms with Crippen molar-refractivity contribution in [2.45, 2.75) is 168 Å². The third-order valence-electron chi connectivity index (χ3n) is 6.82. The second kappa shape index (κ2) is 30.4. The lowest BCUT2D eigenvalue weighted by Gasteiger charge is -2.15. The topological polar surface area (TPSA) is 55.8 Å². The number of rotatable bonds is 29. The number of aliphatic hydroxyl groups excluding tert-OH is 1. The molecular formula is C32H62O4. The fraction of sp³-hybridized carbons (Fsp3) is 0.906. The molecule has 0 aromatic heterocycles.